The van der Waals surface area contributed by atoms with Crippen molar-refractivity contribution in [2.75, 3.05) is 0 Å². The molecule has 1 unspecified atom stereocenters. The van der Waals surface area contributed by atoms with E-state index in [1.165, 1.54) is 0 Å². The van der Waals surface area contributed by atoms with Gasteiger partial charge in [-0.3, -0.25) is 0 Å². The largest absolute Gasteiger partial charge is 0.318 e. The Hall–Kier alpha value is -0.490. The summed E-state index contributed by atoms with van der Waals surface area (Å²) in [6.07, 6.45) is 2.00. The van der Waals surface area contributed by atoms with E-state index in [0.29, 0.717) is 0 Å². The SMILES string of the molecule is CCCC(N)C#Cc1sccc1Cl. The number of hydrogen-bond donors (Lipinski definition) is 1. The molecule has 0 aliphatic heterocycles. The first-order valence-corrected chi connectivity index (χ1v) is 5.50. The minimum absolute atomic E-state index is 0.0248. The molecule has 70 valence electrons. The smallest absolute Gasteiger partial charge is 0.0955 e. The van der Waals surface area contributed by atoms with Crippen LogP contribution in [0.15, 0.2) is 11.4 Å². The van der Waals surface area contributed by atoms with Gasteiger partial charge in [-0.2, -0.15) is 0 Å². The summed E-state index contributed by atoms with van der Waals surface area (Å²) in [5, 5.41) is 2.65. The van der Waals surface area contributed by atoms with Crippen LogP contribution in [0.25, 0.3) is 0 Å². The number of nitrogens with two attached hydrogens (primary N) is 1. The number of hydrogen-bond acceptors (Lipinski definition) is 2. The lowest BCUT2D eigenvalue weighted by molar-refractivity contribution is 0.720. The molecule has 1 rings (SSSR count). The zero-order valence-corrected chi connectivity index (χ0v) is 9.08. The van der Waals surface area contributed by atoms with Gasteiger partial charge in [0, 0.05) is 0 Å². The van der Waals surface area contributed by atoms with Gasteiger partial charge in [-0.25, -0.2) is 0 Å². The van der Waals surface area contributed by atoms with Crippen molar-refractivity contribution < 1.29 is 0 Å². The normalized spacial score (nSPS) is 11.9. The fourth-order valence-corrected chi connectivity index (χ4v) is 1.88. The molecule has 1 aromatic heterocycles. The molecule has 0 saturated heterocycles. The van der Waals surface area contributed by atoms with Crippen molar-refractivity contribution in [3.8, 4) is 11.8 Å². The van der Waals surface area contributed by atoms with Crippen LogP contribution in [0, 0.1) is 11.8 Å². The predicted octanol–water partition coefficient (Wildman–Crippen LogP) is 2.88. The van der Waals surface area contributed by atoms with Crippen LogP contribution in [0.5, 0.6) is 0 Å². The zero-order chi connectivity index (χ0) is 9.68. The zero-order valence-electron chi connectivity index (χ0n) is 7.51. The first-order valence-electron chi connectivity index (χ1n) is 4.24. The van der Waals surface area contributed by atoms with Crippen LogP contribution < -0.4 is 5.73 Å². The average Bonchev–Trinajstić information content (AvgIpc) is 2.48. The molecule has 0 bridgehead atoms. The van der Waals surface area contributed by atoms with Crippen LogP contribution in [-0.2, 0) is 0 Å². The molecule has 2 N–H and O–H groups in total. The van der Waals surface area contributed by atoms with Crippen LogP contribution in [0.3, 0.4) is 0 Å². The van der Waals surface area contributed by atoms with Gasteiger partial charge in [0.25, 0.3) is 0 Å². The topological polar surface area (TPSA) is 26.0 Å². The second-order valence-electron chi connectivity index (χ2n) is 2.76. The number of thiophene rings is 1. The van der Waals surface area contributed by atoms with Crippen molar-refractivity contribution in [1.29, 1.82) is 0 Å². The van der Waals surface area contributed by atoms with Gasteiger partial charge in [-0.15, -0.1) is 11.3 Å². The third-order valence-electron chi connectivity index (χ3n) is 1.59. The lowest BCUT2D eigenvalue weighted by atomic mass is 10.2. The molecule has 1 atom stereocenters. The lowest BCUT2D eigenvalue weighted by Gasteiger charge is -1.98. The van der Waals surface area contributed by atoms with Gasteiger partial charge in [-0.1, -0.05) is 36.8 Å². The molecule has 0 aromatic carbocycles. The average molecular weight is 214 g/mol. The molecule has 1 nitrogen and oxygen atoms in total. The molecular formula is C10H12ClNS. The summed E-state index contributed by atoms with van der Waals surface area (Å²) in [6, 6.07) is 1.82. The van der Waals surface area contributed by atoms with Crippen molar-refractivity contribution in [1.82, 2.24) is 0 Å². The number of halogens is 1. The highest BCUT2D eigenvalue weighted by Gasteiger charge is 1.97. The summed E-state index contributed by atoms with van der Waals surface area (Å²) < 4.78 is 0. The van der Waals surface area contributed by atoms with E-state index >= 15 is 0 Å². The van der Waals surface area contributed by atoms with Crippen molar-refractivity contribution in [2.24, 2.45) is 5.73 Å². The van der Waals surface area contributed by atoms with Crippen molar-refractivity contribution in [3.63, 3.8) is 0 Å². The van der Waals surface area contributed by atoms with Gasteiger partial charge in [0.2, 0.25) is 0 Å². The third kappa shape index (κ3) is 3.40. The Balaban J connectivity index is 2.62. The third-order valence-corrected chi connectivity index (χ3v) is 2.84. The summed E-state index contributed by atoms with van der Waals surface area (Å²) in [4.78, 5) is 0.910. The fraction of sp³-hybridized carbons (Fsp3) is 0.400. The van der Waals surface area contributed by atoms with Gasteiger partial charge >= 0.3 is 0 Å². The van der Waals surface area contributed by atoms with Gasteiger partial charge in [-0.05, 0) is 17.9 Å². The van der Waals surface area contributed by atoms with Crippen molar-refractivity contribution in [3.05, 3.63) is 21.3 Å². The van der Waals surface area contributed by atoms with E-state index < -0.39 is 0 Å². The molecule has 1 aromatic rings. The maximum atomic E-state index is 5.87. The van der Waals surface area contributed by atoms with Crippen molar-refractivity contribution >= 4 is 22.9 Å². The predicted molar refractivity (Wildman–Crippen MR) is 59.1 cm³/mol. The molecule has 0 amide bonds. The van der Waals surface area contributed by atoms with Gasteiger partial charge in [0.1, 0.15) is 0 Å². The second-order valence-corrected chi connectivity index (χ2v) is 4.09. The first kappa shape index (κ1) is 10.6. The van der Waals surface area contributed by atoms with Gasteiger partial charge in [0.15, 0.2) is 0 Å². The van der Waals surface area contributed by atoms with Gasteiger partial charge < -0.3 is 5.73 Å². The van der Waals surface area contributed by atoms with E-state index in [2.05, 4.69) is 18.8 Å². The molecular weight excluding hydrogens is 202 g/mol. The highest BCUT2D eigenvalue weighted by molar-refractivity contribution is 7.11. The van der Waals surface area contributed by atoms with E-state index in [4.69, 9.17) is 17.3 Å². The first-order chi connectivity index (χ1) is 6.24. The Kier molecular flexibility index (Phi) is 4.31. The number of rotatable bonds is 2. The summed E-state index contributed by atoms with van der Waals surface area (Å²) in [7, 11) is 0. The molecule has 0 radical (unpaired) electrons. The van der Waals surface area contributed by atoms with E-state index in [0.717, 1.165) is 22.7 Å². The molecule has 0 saturated carbocycles. The monoisotopic (exact) mass is 213 g/mol. The molecule has 13 heavy (non-hydrogen) atoms. The van der Waals surface area contributed by atoms with E-state index in [9.17, 15) is 0 Å². The summed E-state index contributed by atoms with van der Waals surface area (Å²) in [6.45, 7) is 2.10. The maximum Gasteiger partial charge on any atom is 0.0955 e. The van der Waals surface area contributed by atoms with E-state index in [1.807, 2.05) is 11.4 Å². The Labute approximate surface area is 87.9 Å². The molecule has 3 heteroatoms. The standard InChI is InChI=1S/C10H12ClNS/c1-2-3-8(12)4-5-10-9(11)6-7-13-10/h6-8H,2-3,12H2,1H3. The summed E-state index contributed by atoms with van der Waals surface area (Å²) >= 11 is 7.42. The van der Waals surface area contributed by atoms with Crippen LogP contribution in [0.2, 0.25) is 5.02 Å². The Morgan fingerprint density at radius 2 is 2.46 bits per heavy atom. The van der Waals surface area contributed by atoms with Crippen LogP contribution in [0.4, 0.5) is 0 Å². The highest BCUT2D eigenvalue weighted by Crippen LogP contribution is 2.20. The lowest BCUT2D eigenvalue weighted by Crippen LogP contribution is -2.16. The Morgan fingerprint density at radius 3 is 3.00 bits per heavy atom. The fourth-order valence-electron chi connectivity index (χ4n) is 0.924. The molecule has 0 aliphatic carbocycles. The molecule has 0 fully saturated rings. The van der Waals surface area contributed by atoms with E-state index in [-0.39, 0.29) is 6.04 Å². The molecule has 0 spiro atoms. The minimum Gasteiger partial charge on any atom is -0.318 e. The Bertz CT molecular complexity index is 321. The second kappa shape index (κ2) is 5.29. The highest BCUT2D eigenvalue weighted by atomic mass is 35.5. The quantitative estimate of drug-likeness (QED) is 0.752. The van der Waals surface area contributed by atoms with Crippen LogP contribution in [-0.4, -0.2) is 6.04 Å². The molecule has 1 heterocycles. The van der Waals surface area contributed by atoms with Gasteiger partial charge in [0.05, 0.1) is 15.9 Å². The van der Waals surface area contributed by atoms with Crippen molar-refractivity contribution in [2.45, 2.75) is 25.8 Å². The minimum atomic E-state index is -0.0248. The summed E-state index contributed by atoms with van der Waals surface area (Å²) in [5.41, 5.74) is 5.74. The van der Waals surface area contributed by atoms with E-state index in [1.54, 1.807) is 11.3 Å². The maximum absolute atomic E-state index is 5.87. The van der Waals surface area contributed by atoms with Crippen LogP contribution >= 0.6 is 22.9 Å². The Morgan fingerprint density at radius 1 is 1.69 bits per heavy atom. The summed E-state index contributed by atoms with van der Waals surface area (Å²) in [5.74, 6) is 5.97. The van der Waals surface area contributed by atoms with Crippen LogP contribution in [0.1, 0.15) is 24.6 Å². The molecule has 0 aliphatic rings.